The minimum absolute atomic E-state index is 0.0689. The highest BCUT2D eigenvalue weighted by Crippen LogP contribution is 2.57. The minimum Gasteiger partial charge on any atom is -0.309 e. The summed E-state index contributed by atoms with van der Waals surface area (Å²) in [4.78, 5) is 30.6. The van der Waals surface area contributed by atoms with Gasteiger partial charge in [-0.15, -0.1) is 11.3 Å². The molecule has 11 nitrogen and oxygen atoms in total. The summed E-state index contributed by atoms with van der Waals surface area (Å²) in [7, 11) is 0. The van der Waals surface area contributed by atoms with Crippen molar-refractivity contribution in [1.29, 1.82) is 0 Å². The number of thiophene rings is 1. The fourth-order valence-corrected chi connectivity index (χ4v) is 27.1. The molecule has 0 aliphatic heterocycles. The summed E-state index contributed by atoms with van der Waals surface area (Å²) in [5, 5.41) is 14.8. The summed E-state index contributed by atoms with van der Waals surface area (Å²) >= 11 is 1.85. The highest BCUT2D eigenvalue weighted by atomic mass is 32.1. The highest BCUT2D eigenvalue weighted by molar-refractivity contribution is 7.25. The van der Waals surface area contributed by atoms with Crippen LogP contribution >= 0.6 is 11.3 Å². The van der Waals surface area contributed by atoms with Crippen molar-refractivity contribution in [3.63, 3.8) is 0 Å². The van der Waals surface area contributed by atoms with Crippen LogP contribution in [0.2, 0.25) is 0 Å². The van der Waals surface area contributed by atoms with E-state index in [-0.39, 0.29) is 21.7 Å². The van der Waals surface area contributed by atoms with Crippen LogP contribution in [0.1, 0.15) is 99.9 Å². The fraction of sp³-hybridized carbons (Fsp3) is 0.0870. The molecule has 0 saturated carbocycles. The normalized spacial score (nSPS) is 13.9. The second kappa shape index (κ2) is 32.6. The molecule has 19 aromatic carbocycles. The van der Waals surface area contributed by atoms with Crippen molar-refractivity contribution in [3.8, 4) is 119 Å². The summed E-state index contributed by atoms with van der Waals surface area (Å²) in [6.45, 7) is 18.7. The molecule has 4 aliphatic carbocycles. The van der Waals surface area contributed by atoms with Crippen molar-refractivity contribution in [2.45, 2.75) is 77.0 Å². The number of hydrogen-bond donors (Lipinski definition) is 0. The van der Waals surface area contributed by atoms with Crippen LogP contribution in [0.5, 0.6) is 0 Å². The van der Waals surface area contributed by atoms with E-state index >= 15 is 0 Å². The number of benzene rings is 19. The molecule has 0 radical (unpaired) electrons. The summed E-state index contributed by atoms with van der Waals surface area (Å²) in [6, 6.07) is 154. The van der Waals surface area contributed by atoms with Gasteiger partial charge in [-0.25, -0.2) is 29.9 Å². The van der Waals surface area contributed by atoms with E-state index in [4.69, 9.17) is 29.9 Å². The molecule has 32 rings (SSSR count). The van der Waals surface area contributed by atoms with Gasteiger partial charge in [-0.2, -0.15) is 0 Å². The third kappa shape index (κ3) is 12.9. The summed E-state index contributed by atoms with van der Waals surface area (Å²) in [6.07, 6.45) is 5.71. The lowest BCUT2D eigenvalue weighted by molar-refractivity contribution is 0.660. The maximum absolute atomic E-state index is 5.38. The molecule has 0 bridgehead atoms. The molecule has 0 amide bonds. The lowest BCUT2D eigenvalue weighted by Crippen LogP contribution is -2.15. The van der Waals surface area contributed by atoms with Crippen LogP contribution < -0.4 is 0 Å². The number of aromatic nitrogens is 11. The highest BCUT2D eigenvalue weighted by Gasteiger charge is 2.42. The summed E-state index contributed by atoms with van der Waals surface area (Å²) in [5.41, 5.74) is 43.0. The van der Waals surface area contributed by atoms with Gasteiger partial charge in [-0.05, 0) is 246 Å². The predicted octanol–water partition coefficient (Wildman–Crippen LogP) is 35.2. The van der Waals surface area contributed by atoms with Crippen molar-refractivity contribution >= 4 is 141 Å². The number of rotatable bonds is 9. The second-order valence-electron chi connectivity index (χ2n) is 42.8. The number of nitrogens with zero attached hydrogens (tertiary/aromatic N) is 11. The van der Waals surface area contributed by atoms with E-state index in [1.54, 1.807) is 0 Å². The molecule has 0 fully saturated rings. The van der Waals surface area contributed by atoms with Crippen LogP contribution in [0, 0.1) is 0 Å². The first-order chi connectivity index (χ1) is 73.4. The zero-order chi connectivity index (χ0) is 100. The molecule has 710 valence electrons. The van der Waals surface area contributed by atoms with Crippen molar-refractivity contribution in [2.24, 2.45) is 0 Å². The monoisotopic (exact) mass is 1940 g/mol. The molecule has 9 heterocycles. The Morgan fingerprint density at radius 3 is 0.980 bits per heavy atom. The van der Waals surface area contributed by atoms with Crippen LogP contribution in [0.3, 0.4) is 0 Å². The molecule has 9 aromatic heterocycles. The molecular weight excluding hydrogens is 1840 g/mol. The lowest BCUT2D eigenvalue weighted by atomic mass is 9.81. The zero-order valence-corrected chi connectivity index (χ0v) is 84.8. The molecule has 28 aromatic rings. The van der Waals surface area contributed by atoms with Gasteiger partial charge < -0.3 is 9.13 Å². The van der Waals surface area contributed by atoms with E-state index in [0.29, 0.717) is 17.8 Å². The molecular formula is C138H97N11S. The van der Waals surface area contributed by atoms with Crippen LogP contribution in [0.4, 0.5) is 0 Å². The Labute approximate surface area is 870 Å². The van der Waals surface area contributed by atoms with Gasteiger partial charge in [0.1, 0.15) is 0 Å². The Balaban J connectivity index is 0.000000104. The average molecular weight is 1940 g/mol. The SMILES string of the molecule is CC1(C)c2cc(-c3ccccc3)ccc2-c2ccc(-c3ccnc(-n4c5ccccc5c5cc6sc7ccccc7c6cc54)n3)cc21.CC1(C)c2ccccc2-c2cc3c(cc21)c1ccccc1n3-c1nccc(-c2ccc3c4ccccc4n(-c4ccccc4)c3c2)n1.CC1(C)c2ccccc2-c2ccc(-c3ccnc(-n4c5ccc(-n6c7ccccc7c7ccccc76)cc5c5cc6c(cc54)-c4ccccc4C6(C)C)n3)cc21. The number of para-hydroxylation sites is 6. The van der Waals surface area contributed by atoms with Gasteiger partial charge in [0, 0.05) is 142 Å². The van der Waals surface area contributed by atoms with E-state index in [9.17, 15) is 0 Å². The number of hydrogen-bond acceptors (Lipinski definition) is 7. The maximum Gasteiger partial charge on any atom is 0.235 e. The van der Waals surface area contributed by atoms with E-state index in [0.717, 1.165) is 83.8 Å². The van der Waals surface area contributed by atoms with Crippen molar-refractivity contribution < 1.29 is 0 Å². The lowest BCUT2D eigenvalue weighted by Gasteiger charge is -2.22. The Morgan fingerprint density at radius 1 is 0.173 bits per heavy atom. The zero-order valence-electron chi connectivity index (χ0n) is 84.0. The van der Waals surface area contributed by atoms with Crippen molar-refractivity contribution in [3.05, 3.63) is 488 Å². The minimum atomic E-state index is -0.136. The Kier molecular flexibility index (Phi) is 18.9. The van der Waals surface area contributed by atoms with Gasteiger partial charge in [-0.1, -0.05) is 334 Å². The predicted molar refractivity (Wildman–Crippen MR) is 623 cm³/mol. The van der Waals surface area contributed by atoms with E-state index in [1.165, 1.54) is 191 Å². The second-order valence-corrected chi connectivity index (χ2v) is 43.9. The molecule has 4 aliphatic rings. The largest absolute Gasteiger partial charge is 0.309 e. The summed E-state index contributed by atoms with van der Waals surface area (Å²) < 4.78 is 14.1. The maximum atomic E-state index is 5.38. The first-order valence-corrected chi connectivity index (χ1v) is 52.7. The van der Waals surface area contributed by atoms with Gasteiger partial charge in [-0.3, -0.25) is 13.7 Å². The topological polar surface area (TPSA) is 102 Å². The van der Waals surface area contributed by atoms with E-state index < -0.39 is 0 Å². The molecule has 150 heavy (non-hydrogen) atoms. The smallest absolute Gasteiger partial charge is 0.235 e. The summed E-state index contributed by atoms with van der Waals surface area (Å²) in [5.74, 6) is 2.02. The fourth-order valence-electron chi connectivity index (χ4n) is 25.9. The molecule has 0 saturated heterocycles. The average Bonchev–Trinajstić information content (AvgIpc) is 1.54. The quantitative estimate of drug-likeness (QED) is 0.143. The van der Waals surface area contributed by atoms with Crippen LogP contribution in [0.25, 0.3) is 248 Å². The molecule has 0 spiro atoms. The standard InChI is InChI=1S/C52H38N4.C43H30N4.C43H29N3S/c1-51(2)41-17-9-5-13-33(41)35-23-21-31(27-43(35)51)45-25-26-53-50(54-45)56-48-24-22-32(55-46-19-11-7-15-36(46)37-16-8-12-20-47(37)55)28-39(48)40-29-44-38(30-49(40)56)34-14-6-10-18-42(34)52(44,3)4;1-43(2)35-17-9-6-14-29(35)33-26-41-34(25-36(33)43)31-16-8-11-19-39(31)47(41)42-44-23-22-37(45-42)27-20-21-32-30-15-7-10-18-38(30)46(40(32)24-27)28-12-4-3-5-13-28;1-43(2)35-22-27(26-10-4-3-5-11-26)16-18-29(35)30-19-17-28(23-36(30)43)37-20-21-44-42(45-37)46-38-14-8-6-12-31(38)33-25-41-34(24-39(33)46)32-13-7-9-15-40(32)47-41/h5-30H,1-4H3;3-26H,1-2H3;3-25H,1-2H3. The van der Waals surface area contributed by atoms with Gasteiger partial charge in [0.25, 0.3) is 0 Å². The molecule has 0 N–H and O–H groups in total. The van der Waals surface area contributed by atoms with Crippen LogP contribution in [-0.4, -0.2) is 52.7 Å². The number of fused-ring (bicyclic) bond motifs is 30. The first-order valence-electron chi connectivity index (χ1n) is 51.8. The first kappa shape index (κ1) is 87.1. The van der Waals surface area contributed by atoms with E-state index in [2.05, 4.69) is 485 Å². The Bertz CT molecular complexity index is 10600. The Hall–Kier alpha value is -18.4. The van der Waals surface area contributed by atoms with Gasteiger partial charge in [0.05, 0.1) is 72.2 Å². The van der Waals surface area contributed by atoms with Gasteiger partial charge in [0.2, 0.25) is 17.8 Å². The third-order valence-corrected chi connectivity index (χ3v) is 34.4. The molecule has 12 heteroatoms. The van der Waals surface area contributed by atoms with Crippen molar-refractivity contribution in [1.82, 2.24) is 52.7 Å². The van der Waals surface area contributed by atoms with Gasteiger partial charge >= 0.3 is 0 Å². The molecule has 0 unspecified atom stereocenters. The van der Waals surface area contributed by atoms with Gasteiger partial charge in [0.15, 0.2) is 0 Å². The van der Waals surface area contributed by atoms with Crippen LogP contribution in [-0.2, 0) is 21.7 Å². The Morgan fingerprint density at radius 2 is 0.493 bits per heavy atom. The molecule has 0 atom stereocenters. The third-order valence-electron chi connectivity index (χ3n) is 33.3. The van der Waals surface area contributed by atoms with E-state index in [1.807, 2.05) is 48.1 Å². The van der Waals surface area contributed by atoms with Crippen LogP contribution in [0.15, 0.2) is 443 Å². The van der Waals surface area contributed by atoms with Crippen molar-refractivity contribution in [2.75, 3.05) is 0 Å².